The van der Waals surface area contributed by atoms with Crippen LogP contribution in [0.25, 0.3) is 0 Å². The molecule has 3 nitrogen and oxygen atoms in total. The lowest BCUT2D eigenvalue weighted by molar-refractivity contribution is -0.114. The van der Waals surface area contributed by atoms with Gasteiger partial charge in [0.25, 0.3) is 0 Å². The van der Waals surface area contributed by atoms with Gasteiger partial charge in [-0.15, -0.1) is 0 Å². The quantitative estimate of drug-likeness (QED) is 0.572. The summed E-state index contributed by atoms with van der Waals surface area (Å²) in [6.07, 6.45) is 1.85. The Morgan fingerprint density at radius 3 is 2.00 bits per heavy atom. The van der Waals surface area contributed by atoms with Gasteiger partial charge in [-0.3, -0.25) is 4.79 Å². The van der Waals surface area contributed by atoms with E-state index in [9.17, 15) is 4.79 Å². The maximum Gasteiger partial charge on any atom is 0.244 e. The SMILES string of the molecule is CC(=CC(C)C)C(N)=O.N. The summed E-state index contributed by atoms with van der Waals surface area (Å²) in [5.41, 5.74) is 5.62. The van der Waals surface area contributed by atoms with Crippen LogP contribution >= 0.6 is 0 Å². The van der Waals surface area contributed by atoms with Crippen LogP contribution < -0.4 is 11.9 Å². The lowest BCUT2D eigenvalue weighted by atomic mass is 10.1. The molecule has 5 N–H and O–H groups in total. The fourth-order valence-electron chi connectivity index (χ4n) is 0.582. The van der Waals surface area contributed by atoms with Crippen molar-refractivity contribution in [2.45, 2.75) is 20.8 Å². The van der Waals surface area contributed by atoms with Crippen molar-refractivity contribution >= 4 is 5.91 Å². The molecule has 0 fully saturated rings. The Labute approximate surface area is 61.9 Å². The Morgan fingerprint density at radius 2 is 1.90 bits per heavy atom. The third kappa shape index (κ3) is 5.31. The highest BCUT2D eigenvalue weighted by Gasteiger charge is 1.96. The smallest absolute Gasteiger partial charge is 0.244 e. The number of nitrogens with two attached hydrogens (primary N) is 1. The minimum Gasteiger partial charge on any atom is -0.366 e. The number of hydrogen-bond donors (Lipinski definition) is 2. The molecule has 0 unspecified atom stereocenters. The number of rotatable bonds is 2. The Bertz CT molecular complexity index is 139. The second-order valence-corrected chi connectivity index (χ2v) is 2.46. The second kappa shape index (κ2) is 4.99. The first-order valence-electron chi connectivity index (χ1n) is 3.02. The molecule has 0 heterocycles. The first-order valence-corrected chi connectivity index (χ1v) is 3.02. The van der Waals surface area contributed by atoms with E-state index in [2.05, 4.69) is 0 Å². The summed E-state index contributed by atoms with van der Waals surface area (Å²) in [7, 11) is 0. The first-order chi connectivity index (χ1) is 4.04. The Morgan fingerprint density at radius 1 is 1.50 bits per heavy atom. The van der Waals surface area contributed by atoms with Crippen LogP contribution in [0.1, 0.15) is 20.8 Å². The van der Waals surface area contributed by atoms with Gasteiger partial charge in [0, 0.05) is 5.57 Å². The van der Waals surface area contributed by atoms with Gasteiger partial charge in [-0.25, -0.2) is 0 Å². The third-order valence-electron chi connectivity index (χ3n) is 0.972. The largest absolute Gasteiger partial charge is 0.366 e. The predicted molar refractivity (Wildman–Crippen MR) is 42.8 cm³/mol. The zero-order chi connectivity index (χ0) is 7.44. The van der Waals surface area contributed by atoms with E-state index in [0.29, 0.717) is 11.5 Å². The van der Waals surface area contributed by atoms with Crippen LogP contribution in [0.3, 0.4) is 0 Å². The van der Waals surface area contributed by atoms with E-state index in [4.69, 9.17) is 5.73 Å². The van der Waals surface area contributed by atoms with E-state index in [1.165, 1.54) is 0 Å². The summed E-state index contributed by atoms with van der Waals surface area (Å²) in [6.45, 7) is 5.74. The van der Waals surface area contributed by atoms with Gasteiger partial charge in [0.2, 0.25) is 5.91 Å². The average Bonchev–Trinajstić information content (AvgIpc) is 1.63. The number of carbonyl (C=O) groups excluding carboxylic acids is 1. The number of amides is 1. The summed E-state index contributed by atoms with van der Waals surface area (Å²) in [6, 6.07) is 0. The molecule has 0 aliphatic carbocycles. The van der Waals surface area contributed by atoms with Crippen LogP contribution in [0.15, 0.2) is 11.6 Å². The highest BCUT2D eigenvalue weighted by Crippen LogP contribution is 1.99. The highest BCUT2D eigenvalue weighted by atomic mass is 16.1. The second-order valence-electron chi connectivity index (χ2n) is 2.46. The summed E-state index contributed by atoms with van der Waals surface area (Å²) < 4.78 is 0. The molecule has 0 atom stereocenters. The van der Waals surface area contributed by atoms with Crippen molar-refractivity contribution in [3.05, 3.63) is 11.6 Å². The monoisotopic (exact) mass is 144 g/mol. The van der Waals surface area contributed by atoms with Gasteiger partial charge in [-0.1, -0.05) is 19.9 Å². The summed E-state index contributed by atoms with van der Waals surface area (Å²) >= 11 is 0. The van der Waals surface area contributed by atoms with Crippen LogP contribution in [0, 0.1) is 5.92 Å². The summed E-state index contributed by atoms with van der Waals surface area (Å²) in [4.78, 5) is 10.4. The molecule has 0 aromatic rings. The van der Waals surface area contributed by atoms with Gasteiger partial charge in [-0.2, -0.15) is 0 Å². The summed E-state index contributed by atoms with van der Waals surface area (Å²) in [5.74, 6) is 0.0706. The number of carbonyl (C=O) groups is 1. The van der Waals surface area contributed by atoms with E-state index in [1.807, 2.05) is 19.9 Å². The van der Waals surface area contributed by atoms with Crippen molar-refractivity contribution in [3.8, 4) is 0 Å². The Balaban J connectivity index is 0. The van der Waals surface area contributed by atoms with Gasteiger partial charge < -0.3 is 11.9 Å². The van der Waals surface area contributed by atoms with Gasteiger partial charge in [0.15, 0.2) is 0 Å². The van der Waals surface area contributed by atoms with E-state index in [0.717, 1.165) is 0 Å². The standard InChI is InChI=1S/C7H13NO.H3N/c1-5(2)4-6(3)7(8)9;/h4-5H,1-3H3,(H2,8,9);1H3. The molecule has 0 radical (unpaired) electrons. The lowest BCUT2D eigenvalue weighted by Crippen LogP contribution is -2.12. The molecule has 0 aliphatic heterocycles. The molecule has 0 aliphatic rings. The fraction of sp³-hybridized carbons (Fsp3) is 0.571. The average molecular weight is 144 g/mol. The Hall–Kier alpha value is -0.830. The van der Waals surface area contributed by atoms with E-state index < -0.39 is 0 Å². The van der Waals surface area contributed by atoms with E-state index >= 15 is 0 Å². The van der Waals surface area contributed by atoms with Crippen LogP contribution in [0.2, 0.25) is 0 Å². The molecule has 0 spiro atoms. The fourth-order valence-corrected chi connectivity index (χ4v) is 0.582. The van der Waals surface area contributed by atoms with Crippen LogP contribution in [0.5, 0.6) is 0 Å². The van der Waals surface area contributed by atoms with Crippen molar-refractivity contribution < 1.29 is 4.79 Å². The highest BCUT2D eigenvalue weighted by molar-refractivity contribution is 5.91. The maximum atomic E-state index is 10.4. The zero-order valence-electron chi connectivity index (χ0n) is 6.85. The zero-order valence-corrected chi connectivity index (χ0v) is 6.85. The molecule has 0 aromatic carbocycles. The minimum atomic E-state index is -0.330. The normalized spacial score (nSPS) is 11.0. The number of primary amides is 1. The number of allylic oxidation sites excluding steroid dienone is 1. The molecule has 3 heteroatoms. The molecular formula is C7H16N2O. The van der Waals surface area contributed by atoms with Crippen LogP contribution in [0.4, 0.5) is 0 Å². The van der Waals surface area contributed by atoms with Crippen molar-refractivity contribution in [2.75, 3.05) is 0 Å². The van der Waals surface area contributed by atoms with Crippen molar-refractivity contribution in [3.63, 3.8) is 0 Å². The molecule has 0 aromatic heterocycles. The van der Waals surface area contributed by atoms with Gasteiger partial charge in [0.05, 0.1) is 0 Å². The first kappa shape index (κ1) is 11.9. The third-order valence-corrected chi connectivity index (χ3v) is 0.972. The molecular weight excluding hydrogens is 128 g/mol. The van der Waals surface area contributed by atoms with Crippen LogP contribution in [-0.2, 0) is 4.79 Å². The predicted octanol–water partition coefficient (Wildman–Crippen LogP) is 1.24. The molecule has 1 amide bonds. The maximum absolute atomic E-state index is 10.4. The topological polar surface area (TPSA) is 78.1 Å². The van der Waals surface area contributed by atoms with Gasteiger partial charge in [-0.05, 0) is 12.8 Å². The molecule has 10 heavy (non-hydrogen) atoms. The molecule has 0 saturated heterocycles. The van der Waals surface area contributed by atoms with Crippen molar-refractivity contribution in [1.29, 1.82) is 0 Å². The Kier molecular flexibility index (Phi) is 5.95. The summed E-state index contributed by atoms with van der Waals surface area (Å²) in [5, 5.41) is 0. The van der Waals surface area contributed by atoms with Gasteiger partial charge >= 0.3 is 0 Å². The van der Waals surface area contributed by atoms with Crippen molar-refractivity contribution in [2.24, 2.45) is 11.7 Å². The lowest BCUT2D eigenvalue weighted by Gasteiger charge is -1.96. The minimum absolute atomic E-state index is 0. The van der Waals surface area contributed by atoms with Crippen molar-refractivity contribution in [1.82, 2.24) is 6.15 Å². The van der Waals surface area contributed by atoms with Crippen LogP contribution in [-0.4, -0.2) is 5.91 Å². The molecule has 0 bridgehead atoms. The molecule has 0 rings (SSSR count). The molecule has 60 valence electrons. The number of hydrogen-bond acceptors (Lipinski definition) is 2. The van der Waals surface area contributed by atoms with E-state index in [1.54, 1.807) is 6.92 Å². The van der Waals surface area contributed by atoms with Gasteiger partial charge in [0.1, 0.15) is 0 Å². The molecule has 0 saturated carbocycles. The van der Waals surface area contributed by atoms with E-state index in [-0.39, 0.29) is 12.1 Å².